The van der Waals surface area contributed by atoms with E-state index in [2.05, 4.69) is 47.6 Å². The summed E-state index contributed by atoms with van der Waals surface area (Å²) in [5.41, 5.74) is 1.30. The molecule has 0 saturated carbocycles. The number of hydrogen-bond donors (Lipinski definition) is 1. The van der Waals surface area contributed by atoms with Gasteiger partial charge in [-0.3, -0.25) is 4.90 Å². The molecule has 0 aliphatic carbocycles. The lowest BCUT2D eigenvalue weighted by Crippen LogP contribution is -2.54. The van der Waals surface area contributed by atoms with Gasteiger partial charge in [0, 0.05) is 36.6 Å². The predicted molar refractivity (Wildman–Crippen MR) is 110 cm³/mol. The van der Waals surface area contributed by atoms with E-state index in [4.69, 9.17) is 14.2 Å². The number of methoxy groups -OCH3 is 1. The molecule has 2 heterocycles. The quantitative estimate of drug-likeness (QED) is 0.709. The first kappa shape index (κ1) is 20.1. The zero-order valence-electron chi connectivity index (χ0n) is 16.5. The van der Waals surface area contributed by atoms with Crippen molar-refractivity contribution in [2.45, 2.75) is 32.5 Å². The predicted octanol–water partition coefficient (Wildman–Crippen LogP) is 3.54. The van der Waals surface area contributed by atoms with Crippen LogP contribution in [0.4, 0.5) is 0 Å². The van der Waals surface area contributed by atoms with E-state index in [0.29, 0.717) is 6.61 Å². The van der Waals surface area contributed by atoms with Crippen LogP contribution in [0.25, 0.3) is 0 Å². The number of rotatable bonds is 9. The van der Waals surface area contributed by atoms with Crippen molar-refractivity contribution in [1.29, 1.82) is 0 Å². The highest BCUT2D eigenvalue weighted by Gasteiger charge is 2.27. The summed E-state index contributed by atoms with van der Waals surface area (Å²) in [5, 5.41) is 5.65. The minimum atomic E-state index is 0.109. The zero-order valence-corrected chi connectivity index (χ0v) is 17.3. The molecule has 1 N–H and O–H groups in total. The molecule has 3 rings (SSSR count). The van der Waals surface area contributed by atoms with E-state index in [9.17, 15) is 0 Å². The molecule has 1 aromatic heterocycles. The number of nitrogens with zero attached hydrogens (tertiary/aromatic N) is 1. The fraction of sp³-hybridized carbons (Fsp3) is 0.524. The van der Waals surface area contributed by atoms with Crippen molar-refractivity contribution in [1.82, 2.24) is 10.2 Å². The standard InChI is InChI=1S/C21H30N2O3S/c1-21(2,23-8-10-25-11-9-23)16-22-14-17-6-7-19(20(13-17)24-3)26-15-18-5-4-12-27-18/h4-7,12-13,22H,8-11,14-16H2,1-3H3. The van der Waals surface area contributed by atoms with Crippen LogP contribution >= 0.6 is 11.3 Å². The molecule has 1 fully saturated rings. The molecule has 0 radical (unpaired) electrons. The van der Waals surface area contributed by atoms with Crippen molar-refractivity contribution < 1.29 is 14.2 Å². The molecule has 0 atom stereocenters. The molecule has 1 saturated heterocycles. The minimum Gasteiger partial charge on any atom is -0.493 e. The lowest BCUT2D eigenvalue weighted by molar-refractivity contribution is -0.00967. The van der Waals surface area contributed by atoms with Gasteiger partial charge in [-0.05, 0) is 43.0 Å². The van der Waals surface area contributed by atoms with Crippen molar-refractivity contribution in [3.63, 3.8) is 0 Å². The Bertz CT molecular complexity index is 697. The molecule has 0 unspecified atom stereocenters. The Labute approximate surface area is 166 Å². The summed E-state index contributed by atoms with van der Waals surface area (Å²) < 4.78 is 16.9. The first-order chi connectivity index (χ1) is 13.1. The number of benzene rings is 1. The SMILES string of the molecule is COc1cc(CNCC(C)(C)N2CCOCC2)ccc1OCc1cccs1. The summed E-state index contributed by atoms with van der Waals surface area (Å²) in [6.07, 6.45) is 0. The average Bonchev–Trinajstić information content (AvgIpc) is 3.21. The average molecular weight is 391 g/mol. The van der Waals surface area contributed by atoms with Crippen molar-refractivity contribution >= 4 is 11.3 Å². The highest BCUT2D eigenvalue weighted by molar-refractivity contribution is 7.09. The summed E-state index contributed by atoms with van der Waals surface area (Å²) in [6, 6.07) is 10.3. The molecule has 1 aliphatic rings. The number of thiophene rings is 1. The number of nitrogens with one attached hydrogen (secondary N) is 1. The van der Waals surface area contributed by atoms with E-state index in [1.807, 2.05) is 12.1 Å². The van der Waals surface area contributed by atoms with Gasteiger partial charge in [0.15, 0.2) is 11.5 Å². The van der Waals surface area contributed by atoms with Crippen LogP contribution in [0.5, 0.6) is 11.5 Å². The van der Waals surface area contributed by atoms with E-state index in [1.165, 1.54) is 10.4 Å². The molecule has 0 bridgehead atoms. The van der Waals surface area contributed by atoms with Gasteiger partial charge in [0.25, 0.3) is 0 Å². The van der Waals surface area contributed by atoms with E-state index < -0.39 is 0 Å². The van der Waals surface area contributed by atoms with Gasteiger partial charge in [0.05, 0.1) is 20.3 Å². The highest BCUT2D eigenvalue weighted by Crippen LogP contribution is 2.29. The lowest BCUT2D eigenvalue weighted by atomic mass is 10.0. The lowest BCUT2D eigenvalue weighted by Gasteiger charge is -2.41. The van der Waals surface area contributed by atoms with E-state index in [-0.39, 0.29) is 5.54 Å². The third kappa shape index (κ3) is 5.69. The van der Waals surface area contributed by atoms with Crippen molar-refractivity contribution in [2.24, 2.45) is 0 Å². The second kappa shape index (κ2) is 9.55. The van der Waals surface area contributed by atoms with Gasteiger partial charge in [0.2, 0.25) is 0 Å². The molecule has 2 aromatic rings. The second-order valence-corrected chi connectivity index (χ2v) is 8.40. The monoisotopic (exact) mass is 390 g/mol. The summed E-state index contributed by atoms with van der Waals surface area (Å²) in [5.74, 6) is 1.56. The fourth-order valence-electron chi connectivity index (χ4n) is 3.28. The molecule has 0 amide bonds. The van der Waals surface area contributed by atoms with Crippen molar-refractivity contribution in [3.8, 4) is 11.5 Å². The van der Waals surface area contributed by atoms with E-state index in [1.54, 1.807) is 18.4 Å². The molecule has 6 heteroatoms. The Kier molecular flexibility index (Phi) is 7.13. The van der Waals surface area contributed by atoms with Crippen LogP contribution in [-0.2, 0) is 17.9 Å². The van der Waals surface area contributed by atoms with Crippen LogP contribution in [0.3, 0.4) is 0 Å². The summed E-state index contributed by atoms with van der Waals surface area (Å²) in [4.78, 5) is 3.69. The van der Waals surface area contributed by atoms with Crippen LogP contribution in [0.2, 0.25) is 0 Å². The van der Waals surface area contributed by atoms with Crippen molar-refractivity contribution in [3.05, 3.63) is 46.2 Å². The van der Waals surface area contributed by atoms with E-state index in [0.717, 1.165) is 50.9 Å². The van der Waals surface area contributed by atoms with Gasteiger partial charge in [-0.1, -0.05) is 12.1 Å². The summed E-state index contributed by atoms with van der Waals surface area (Å²) in [6.45, 7) is 10.5. The Morgan fingerprint density at radius 1 is 1.19 bits per heavy atom. The Balaban J connectivity index is 1.52. The normalized spacial score (nSPS) is 15.7. The largest absolute Gasteiger partial charge is 0.493 e. The summed E-state index contributed by atoms with van der Waals surface area (Å²) in [7, 11) is 1.69. The first-order valence-corrected chi connectivity index (χ1v) is 10.3. The van der Waals surface area contributed by atoms with Crippen LogP contribution < -0.4 is 14.8 Å². The van der Waals surface area contributed by atoms with Crippen LogP contribution in [0.1, 0.15) is 24.3 Å². The molecule has 27 heavy (non-hydrogen) atoms. The zero-order chi connectivity index (χ0) is 19.1. The molecule has 1 aromatic carbocycles. The van der Waals surface area contributed by atoms with Gasteiger partial charge in [-0.15, -0.1) is 11.3 Å². The molecule has 0 spiro atoms. The number of hydrogen-bond acceptors (Lipinski definition) is 6. The van der Waals surface area contributed by atoms with Gasteiger partial charge in [-0.25, -0.2) is 0 Å². The fourth-order valence-corrected chi connectivity index (χ4v) is 3.89. The van der Waals surface area contributed by atoms with Gasteiger partial charge >= 0.3 is 0 Å². The van der Waals surface area contributed by atoms with Crippen LogP contribution in [0, 0.1) is 0 Å². The smallest absolute Gasteiger partial charge is 0.161 e. The maximum atomic E-state index is 5.91. The second-order valence-electron chi connectivity index (χ2n) is 7.37. The minimum absolute atomic E-state index is 0.109. The van der Waals surface area contributed by atoms with Gasteiger partial charge < -0.3 is 19.5 Å². The molecular formula is C21H30N2O3S. The van der Waals surface area contributed by atoms with Gasteiger partial charge in [0.1, 0.15) is 6.61 Å². The number of ether oxygens (including phenoxy) is 3. The van der Waals surface area contributed by atoms with Crippen molar-refractivity contribution in [2.75, 3.05) is 40.0 Å². The Morgan fingerprint density at radius 3 is 2.70 bits per heavy atom. The van der Waals surface area contributed by atoms with Crippen LogP contribution in [0.15, 0.2) is 35.7 Å². The number of morpholine rings is 1. The first-order valence-electron chi connectivity index (χ1n) is 9.44. The Morgan fingerprint density at radius 2 is 2.00 bits per heavy atom. The summed E-state index contributed by atoms with van der Waals surface area (Å²) >= 11 is 1.70. The highest BCUT2D eigenvalue weighted by atomic mass is 32.1. The maximum absolute atomic E-state index is 5.91. The molecule has 5 nitrogen and oxygen atoms in total. The Hall–Kier alpha value is -1.60. The molecule has 1 aliphatic heterocycles. The van der Waals surface area contributed by atoms with E-state index >= 15 is 0 Å². The van der Waals surface area contributed by atoms with Crippen LogP contribution in [-0.4, -0.2) is 50.4 Å². The topological polar surface area (TPSA) is 43.0 Å². The maximum Gasteiger partial charge on any atom is 0.161 e. The molecule has 148 valence electrons. The third-order valence-corrected chi connectivity index (χ3v) is 5.78. The van der Waals surface area contributed by atoms with Gasteiger partial charge in [-0.2, -0.15) is 0 Å². The molecular weight excluding hydrogens is 360 g/mol. The third-order valence-electron chi connectivity index (χ3n) is 4.93.